The van der Waals surface area contributed by atoms with E-state index in [1.54, 1.807) is 7.11 Å². The number of anilines is 1. The molecule has 4 heteroatoms. The van der Waals surface area contributed by atoms with Crippen molar-refractivity contribution in [1.29, 1.82) is 0 Å². The van der Waals surface area contributed by atoms with Gasteiger partial charge in [0.1, 0.15) is 12.1 Å². The highest BCUT2D eigenvalue weighted by Crippen LogP contribution is 2.20. The molecule has 0 aliphatic rings. The molecule has 0 unspecified atom stereocenters. The summed E-state index contributed by atoms with van der Waals surface area (Å²) in [5.74, 6) is 1.42. The van der Waals surface area contributed by atoms with E-state index in [9.17, 15) is 0 Å². The second-order valence-corrected chi connectivity index (χ2v) is 4.14. The largest absolute Gasteiger partial charge is 0.481 e. The Kier molecular flexibility index (Phi) is 3.77. The van der Waals surface area contributed by atoms with E-state index in [4.69, 9.17) is 4.74 Å². The fourth-order valence-corrected chi connectivity index (χ4v) is 1.81. The van der Waals surface area contributed by atoms with Crippen molar-refractivity contribution >= 4 is 5.82 Å². The van der Waals surface area contributed by atoms with Crippen molar-refractivity contribution in [3.05, 3.63) is 47.3 Å². The Morgan fingerprint density at radius 3 is 2.67 bits per heavy atom. The minimum atomic E-state index is 0.609. The predicted octanol–water partition coefficient (Wildman–Crippen LogP) is 2.71. The highest BCUT2D eigenvalue weighted by molar-refractivity contribution is 5.48. The number of benzene rings is 1. The van der Waals surface area contributed by atoms with E-state index < -0.39 is 0 Å². The standard InChI is InChI=1S/C14H17N3O/c1-10-6-4-5-7-12(10)8-15-13-11(2)14(18-3)17-9-16-13/h4-7,9H,8H2,1-3H3,(H,15,16,17). The van der Waals surface area contributed by atoms with Gasteiger partial charge in [-0.15, -0.1) is 0 Å². The van der Waals surface area contributed by atoms with Gasteiger partial charge >= 0.3 is 0 Å². The summed E-state index contributed by atoms with van der Waals surface area (Å²) in [6.07, 6.45) is 1.51. The summed E-state index contributed by atoms with van der Waals surface area (Å²) in [7, 11) is 1.61. The van der Waals surface area contributed by atoms with E-state index in [1.165, 1.54) is 17.5 Å². The monoisotopic (exact) mass is 243 g/mol. The van der Waals surface area contributed by atoms with E-state index in [-0.39, 0.29) is 0 Å². The maximum atomic E-state index is 5.17. The lowest BCUT2D eigenvalue weighted by Gasteiger charge is -2.11. The maximum absolute atomic E-state index is 5.17. The highest BCUT2D eigenvalue weighted by atomic mass is 16.5. The molecule has 0 bridgehead atoms. The molecule has 1 aromatic carbocycles. The van der Waals surface area contributed by atoms with Crippen LogP contribution in [0.4, 0.5) is 5.82 Å². The number of ether oxygens (including phenoxy) is 1. The molecular formula is C14H17N3O. The van der Waals surface area contributed by atoms with Crippen LogP contribution >= 0.6 is 0 Å². The Morgan fingerprint density at radius 1 is 1.17 bits per heavy atom. The summed E-state index contributed by atoms with van der Waals surface area (Å²) in [4.78, 5) is 8.29. The first-order valence-corrected chi connectivity index (χ1v) is 5.86. The fraction of sp³-hybridized carbons (Fsp3) is 0.286. The molecule has 0 fully saturated rings. The van der Waals surface area contributed by atoms with Crippen molar-refractivity contribution in [3.8, 4) is 5.88 Å². The third-order valence-electron chi connectivity index (χ3n) is 2.94. The SMILES string of the molecule is COc1ncnc(NCc2ccccc2C)c1C. The lowest BCUT2D eigenvalue weighted by Crippen LogP contribution is -2.06. The van der Waals surface area contributed by atoms with Gasteiger partial charge in [-0.2, -0.15) is 0 Å². The van der Waals surface area contributed by atoms with E-state index >= 15 is 0 Å². The average molecular weight is 243 g/mol. The first-order chi connectivity index (χ1) is 8.72. The van der Waals surface area contributed by atoms with Gasteiger partial charge < -0.3 is 10.1 Å². The van der Waals surface area contributed by atoms with Crippen molar-refractivity contribution in [3.63, 3.8) is 0 Å². The molecule has 2 rings (SSSR count). The first-order valence-electron chi connectivity index (χ1n) is 5.86. The van der Waals surface area contributed by atoms with Crippen LogP contribution in [-0.4, -0.2) is 17.1 Å². The van der Waals surface area contributed by atoms with E-state index in [0.717, 1.165) is 17.9 Å². The Bertz CT molecular complexity index is 540. The summed E-state index contributed by atoms with van der Waals surface area (Å²) in [6, 6.07) is 8.29. The van der Waals surface area contributed by atoms with Crippen LogP contribution in [0.5, 0.6) is 5.88 Å². The number of nitrogens with one attached hydrogen (secondary N) is 1. The molecule has 4 nitrogen and oxygen atoms in total. The van der Waals surface area contributed by atoms with Crippen molar-refractivity contribution in [2.45, 2.75) is 20.4 Å². The van der Waals surface area contributed by atoms with Crippen molar-refractivity contribution in [2.75, 3.05) is 12.4 Å². The van der Waals surface area contributed by atoms with Crippen molar-refractivity contribution in [1.82, 2.24) is 9.97 Å². The summed E-state index contributed by atoms with van der Waals surface area (Å²) < 4.78 is 5.17. The van der Waals surface area contributed by atoms with E-state index in [2.05, 4.69) is 34.3 Å². The molecule has 18 heavy (non-hydrogen) atoms. The average Bonchev–Trinajstić information content (AvgIpc) is 2.39. The fourth-order valence-electron chi connectivity index (χ4n) is 1.81. The van der Waals surface area contributed by atoms with E-state index in [0.29, 0.717) is 5.88 Å². The summed E-state index contributed by atoms with van der Waals surface area (Å²) in [6.45, 7) is 4.79. The van der Waals surface area contributed by atoms with Gasteiger partial charge in [-0.25, -0.2) is 9.97 Å². The minimum absolute atomic E-state index is 0.609. The van der Waals surface area contributed by atoms with Gasteiger partial charge in [0.05, 0.1) is 12.7 Å². The smallest absolute Gasteiger partial charge is 0.221 e. The van der Waals surface area contributed by atoms with Crippen LogP contribution in [-0.2, 0) is 6.54 Å². The number of hydrogen-bond acceptors (Lipinski definition) is 4. The number of nitrogens with zero attached hydrogens (tertiary/aromatic N) is 2. The third kappa shape index (κ3) is 2.59. The molecule has 0 radical (unpaired) electrons. The molecule has 1 aromatic heterocycles. The summed E-state index contributed by atoms with van der Waals surface area (Å²) in [5, 5.41) is 3.31. The number of aromatic nitrogens is 2. The lowest BCUT2D eigenvalue weighted by molar-refractivity contribution is 0.393. The molecule has 0 amide bonds. The van der Waals surface area contributed by atoms with Gasteiger partial charge in [0.25, 0.3) is 0 Å². The highest BCUT2D eigenvalue weighted by Gasteiger charge is 2.06. The van der Waals surface area contributed by atoms with Crippen LogP contribution in [0.25, 0.3) is 0 Å². The molecule has 94 valence electrons. The van der Waals surface area contributed by atoms with Gasteiger partial charge in [-0.3, -0.25) is 0 Å². The number of hydrogen-bond donors (Lipinski definition) is 1. The molecule has 0 atom stereocenters. The first kappa shape index (κ1) is 12.4. The Morgan fingerprint density at radius 2 is 1.94 bits per heavy atom. The van der Waals surface area contributed by atoms with Crippen LogP contribution < -0.4 is 10.1 Å². The van der Waals surface area contributed by atoms with Crippen LogP contribution in [0, 0.1) is 13.8 Å². The zero-order chi connectivity index (χ0) is 13.0. The molecule has 0 saturated heterocycles. The molecule has 2 aromatic rings. The Labute approximate surface area is 107 Å². The van der Waals surface area contributed by atoms with Gasteiger partial charge in [-0.05, 0) is 25.0 Å². The Balaban J connectivity index is 2.14. The molecule has 0 spiro atoms. The molecular weight excluding hydrogens is 226 g/mol. The number of aryl methyl sites for hydroxylation is 1. The number of rotatable bonds is 4. The second kappa shape index (κ2) is 5.49. The van der Waals surface area contributed by atoms with Gasteiger partial charge in [-0.1, -0.05) is 24.3 Å². The predicted molar refractivity (Wildman–Crippen MR) is 71.8 cm³/mol. The zero-order valence-corrected chi connectivity index (χ0v) is 10.9. The second-order valence-electron chi connectivity index (χ2n) is 4.14. The van der Waals surface area contributed by atoms with Crippen LogP contribution in [0.2, 0.25) is 0 Å². The van der Waals surface area contributed by atoms with E-state index in [1.807, 2.05) is 19.1 Å². The Hall–Kier alpha value is -2.10. The third-order valence-corrected chi connectivity index (χ3v) is 2.94. The maximum Gasteiger partial charge on any atom is 0.221 e. The zero-order valence-electron chi connectivity index (χ0n) is 10.9. The quantitative estimate of drug-likeness (QED) is 0.897. The van der Waals surface area contributed by atoms with Gasteiger partial charge in [0.15, 0.2) is 0 Å². The molecule has 0 saturated carbocycles. The van der Waals surface area contributed by atoms with Crippen LogP contribution in [0.15, 0.2) is 30.6 Å². The topological polar surface area (TPSA) is 47.0 Å². The molecule has 0 aliphatic carbocycles. The lowest BCUT2D eigenvalue weighted by atomic mass is 10.1. The molecule has 1 N–H and O–H groups in total. The van der Waals surface area contributed by atoms with Crippen LogP contribution in [0.3, 0.4) is 0 Å². The van der Waals surface area contributed by atoms with Crippen molar-refractivity contribution < 1.29 is 4.74 Å². The van der Waals surface area contributed by atoms with Gasteiger partial charge in [0.2, 0.25) is 5.88 Å². The normalized spacial score (nSPS) is 10.2. The molecule has 1 heterocycles. The van der Waals surface area contributed by atoms with Crippen LogP contribution in [0.1, 0.15) is 16.7 Å². The summed E-state index contributed by atoms with van der Waals surface area (Å²) in [5.41, 5.74) is 3.45. The molecule has 0 aliphatic heterocycles. The summed E-state index contributed by atoms with van der Waals surface area (Å²) >= 11 is 0. The van der Waals surface area contributed by atoms with Gasteiger partial charge in [0, 0.05) is 6.54 Å². The number of methoxy groups -OCH3 is 1. The minimum Gasteiger partial charge on any atom is -0.481 e. The van der Waals surface area contributed by atoms with Crippen molar-refractivity contribution in [2.24, 2.45) is 0 Å².